The maximum Gasteiger partial charge on any atom is 0.416 e. The van der Waals surface area contributed by atoms with Gasteiger partial charge < -0.3 is 10.1 Å². The third-order valence-electron chi connectivity index (χ3n) is 2.23. The third kappa shape index (κ3) is 1.94. The van der Waals surface area contributed by atoms with Gasteiger partial charge in [0, 0.05) is 15.6 Å². The van der Waals surface area contributed by atoms with Gasteiger partial charge in [0.05, 0.1) is 17.7 Å². The second-order valence-corrected chi connectivity index (χ2v) is 4.23. The van der Waals surface area contributed by atoms with Gasteiger partial charge in [0.2, 0.25) is 0 Å². The highest BCUT2D eigenvalue weighted by Crippen LogP contribution is 2.35. The first kappa shape index (κ1) is 11.5. The van der Waals surface area contributed by atoms with Crippen molar-refractivity contribution in [3.63, 3.8) is 0 Å². The van der Waals surface area contributed by atoms with E-state index in [4.69, 9.17) is 5.11 Å². The maximum absolute atomic E-state index is 12.5. The summed E-state index contributed by atoms with van der Waals surface area (Å²) in [5.74, 6) is 0. The molecule has 0 bridgehead atoms. The van der Waals surface area contributed by atoms with Gasteiger partial charge in [-0.05, 0) is 34.1 Å². The topological polar surface area (TPSA) is 36.0 Å². The Kier molecular flexibility index (Phi) is 2.71. The fourth-order valence-electron chi connectivity index (χ4n) is 1.51. The average Bonchev–Trinajstić information content (AvgIpc) is 2.59. The Balaban J connectivity index is 2.67. The molecule has 0 aliphatic rings. The van der Waals surface area contributed by atoms with Gasteiger partial charge in [-0.15, -0.1) is 0 Å². The molecule has 0 aliphatic heterocycles. The summed E-state index contributed by atoms with van der Waals surface area (Å²) in [6.07, 6.45) is -4.37. The molecular weight excluding hydrogens is 287 g/mol. The Hall–Kier alpha value is -1.01. The van der Waals surface area contributed by atoms with Crippen LogP contribution in [-0.2, 0) is 12.8 Å². The first-order valence-corrected chi connectivity index (χ1v) is 5.20. The van der Waals surface area contributed by atoms with E-state index in [0.717, 1.165) is 12.1 Å². The molecule has 0 unspecified atom stereocenters. The summed E-state index contributed by atoms with van der Waals surface area (Å²) >= 11 is 3.07. The average molecular weight is 294 g/mol. The van der Waals surface area contributed by atoms with Gasteiger partial charge in [0.25, 0.3) is 0 Å². The standard InChI is InChI=1S/C10H7BrF3NO/c11-8-3-6(10(12,13)14)1-5-2-7(4-16)15-9(5)8/h1-3,15-16H,4H2. The van der Waals surface area contributed by atoms with Gasteiger partial charge in [0.15, 0.2) is 0 Å². The van der Waals surface area contributed by atoms with E-state index in [-0.39, 0.29) is 6.61 Å². The fourth-order valence-corrected chi connectivity index (χ4v) is 2.08. The fraction of sp³-hybridized carbons (Fsp3) is 0.200. The minimum absolute atomic E-state index is 0.234. The molecule has 0 spiro atoms. The first-order chi connectivity index (χ1) is 7.41. The van der Waals surface area contributed by atoms with Crippen molar-refractivity contribution in [2.24, 2.45) is 0 Å². The molecule has 86 valence electrons. The van der Waals surface area contributed by atoms with E-state index < -0.39 is 11.7 Å². The Labute approximate surface area is 97.2 Å². The van der Waals surface area contributed by atoms with Crippen LogP contribution in [0.25, 0.3) is 10.9 Å². The minimum Gasteiger partial charge on any atom is -0.390 e. The van der Waals surface area contributed by atoms with Gasteiger partial charge in [-0.1, -0.05) is 0 Å². The van der Waals surface area contributed by atoms with E-state index in [1.54, 1.807) is 0 Å². The predicted molar refractivity (Wildman–Crippen MR) is 56.9 cm³/mol. The third-order valence-corrected chi connectivity index (χ3v) is 2.86. The van der Waals surface area contributed by atoms with E-state index in [1.165, 1.54) is 6.07 Å². The number of fused-ring (bicyclic) bond motifs is 1. The van der Waals surface area contributed by atoms with Crippen LogP contribution in [0.4, 0.5) is 13.2 Å². The molecule has 16 heavy (non-hydrogen) atoms. The summed E-state index contributed by atoms with van der Waals surface area (Å²) in [5, 5.41) is 9.31. The van der Waals surface area contributed by atoms with E-state index in [1.807, 2.05) is 0 Å². The lowest BCUT2D eigenvalue weighted by Gasteiger charge is -2.07. The lowest BCUT2D eigenvalue weighted by atomic mass is 10.1. The zero-order chi connectivity index (χ0) is 11.9. The normalized spacial score (nSPS) is 12.3. The molecule has 0 fully saturated rings. The van der Waals surface area contributed by atoms with Crippen molar-refractivity contribution in [2.45, 2.75) is 12.8 Å². The molecule has 1 aromatic carbocycles. The zero-order valence-corrected chi connectivity index (χ0v) is 9.48. The summed E-state index contributed by atoms with van der Waals surface area (Å²) in [6, 6.07) is 3.56. The zero-order valence-electron chi connectivity index (χ0n) is 7.90. The molecule has 0 aliphatic carbocycles. The summed E-state index contributed by atoms with van der Waals surface area (Å²) in [7, 11) is 0. The number of aromatic amines is 1. The highest BCUT2D eigenvalue weighted by molar-refractivity contribution is 9.10. The number of aliphatic hydroxyl groups is 1. The number of aromatic nitrogens is 1. The summed E-state index contributed by atoms with van der Waals surface area (Å²) in [6.45, 7) is -0.234. The number of nitrogens with one attached hydrogen (secondary N) is 1. The van der Waals surface area contributed by atoms with Crippen LogP contribution < -0.4 is 0 Å². The van der Waals surface area contributed by atoms with Crippen molar-refractivity contribution >= 4 is 26.8 Å². The molecule has 1 aromatic heterocycles. The number of alkyl halides is 3. The van der Waals surface area contributed by atoms with Gasteiger partial charge in [-0.2, -0.15) is 13.2 Å². The van der Waals surface area contributed by atoms with Gasteiger partial charge in [-0.25, -0.2) is 0 Å². The molecule has 2 N–H and O–H groups in total. The van der Waals surface area contributed by atoms with Crippen LogP contribution in [0.3, 0.4) is 0 Å². The molecule has 0 saturated carbocycles. The van der Waals surface area contributed by atoms with Crippen LogP contribution in [0.5, 0.6) is 0 Å². The molecule has 6 heteroatoms. The summed E-state index contributed by atoms with van der Waals surface area (Å²) in [5.41, 5.74) is 0.322. The maximum atomic E-state index is 12.5. The molecule has 2 aromatic rings. The van der Waals surface area contributed by atoms with Gasteiger partial charge in [0.1, 0.15) is 0 Å². The summed E-state index contributed by atoms with van der Waals surface area (Å²) in [4.78, 5) is 2.83. The number of hydrogen-bond acceptors (Lipinski definition) is 1. The Morgan fingerprint density at radius 3 is 2.50 bits per heavy atom. The highest BCUT2D eigenvalue weighted by atomic mass is 79.9. The van der Waals surface area contributed by atoms with Crippen molar-refractivity contribution in [1.82, 2.24) is 4.98 Å². The number of halogens is 4. The van der Waals surface area contributed by atoms with E-state index in [2.05, 4.69) is 20.9 Å². The van der Waals surface area contributed by atoms with Crippen LogP contribution in [-0.4, -0.2) is 10.1 Å². The molecule has 2 rings (SSSR count). The van der Waals surface area contributed by atoms with E-state index in [0.29, 0.717) is 21.1 Å². The minimum atomic E-state index is -4.37. The van der Waals surface area contributed by atoms with Crippen LogP contribution >= 0.6 is 15.9 Å². The molecule has 1 heterocycles. The van der Waals surface area contributed by atoms with Gasteiger partial charge >= 0.3 is 6.18 Å². The molecule has 0 saturated heterocycles. The lowest BCUT2D eigenvalue weighted by Crippen LogP contribution is -2.04. The van der Waals surface area contributed by atoms with Crippen LogP contribution in [0.1, 0.15) is 11.3 Å². The lowest BCUT2D eigenvalue weighted by molar-refractivity contribution is -0.137. The molecular formula is C10H7BrF3NO. The van der Waals surface area contributed by atoms with Crippen molar-refractivity contribution in [3.05, 3.63) is 33.9 Å². The molecule has 0 radical (unpaired) electrons. The molecule has 0 amide bonds. The Morgan fingerprint density at radius 2 is 1.94 bits per heavy atom. The quantitative estimate of drug-likeness (QED) is 0.830. The summed E-state index contributed by atoms with van der Waals surface area (Å²) < 4.78 is 37.8. The Morgan fingerprint density at radius 1 is 1.25 bits per heavy atom. The predicted octanol–water partition coefficient (Wildman–Crippen LogP) is 3.44. The number of hydrogen-bond donors (Lipinski definition) is 2. The van der Waals surface area contributed by atoms with Crippen LogP contribution in [0, 0.1) is 0 Å². The highest BCUT2D eigenvalue weighted by Gasteiger charge is 2.31. The second-order valence-electron chi connectivity index (χ2n) is 3.37. The van der Waals surface area contributed by atoms with Crippen molar-refractivity contribution < 1.29 is 18.3 Å². The van der Waals surface area contributed by atoms with Crippen molar-refractivity contribution in [3.8, 4) is 0 Å². The van der Waals surface area contributed by atoms with Crippen LogP contribution in [0.2, 0.25) is 0 Å². The van der Waals surface area contributed by atoms with E-state index in [9.17, 15) is 13.2 Å². The number of aliphatic hydroxyl groups excluding tert-OH is 1. The molecule has 2 nitrogen and oxygen atoms in total. The smallest absolute Gasteiger partial charge is 0.390 e. The second kappa shape index (κ2) is 3.78. The first-order valence-electron chi connectivity index (χ1n) is 4.41. The Bertz CT molecular complexity index is 533. The largest absolute Gasteiger partial charge is 0.416 e. The van der Waals surface area contributed by atoms with Crippen molar-refractivity contribution in [2.75, 3.05) is 0 Å². The number of rotatable bonds is 1. The number of benzene rings is 1. The SMILES string of the molecule is OCc1cc2cc(C(F)(F)F)cc(Br)c2[nH]1. The van der Waals surface area contributed by atoms with Gasteiger partial charge in [-0.3, -0.25) is 0 Å². The monoisotopic (exact) mass is 293 g/mol. The van der Waals surface area contributed by atoms with Crippen molar-refractivity contribution in [1.29, 1.82) is 0 Å². The van der Waals surface area contributed by atoms with Crippen LogP contribution in [0.15, 0.2) is 22.7 Å². The van der Waals surface area contributed by atoms with E-state index >= 15 is 0 Å². The number of H-pyrrole nitrogens is 1. The molecule has 0 atom stereocenters.